The first-order valence-corrected chi connectivity index (χ1v) is 6.37. The second-order valence-corrected chi connectivity index (χ2v) is 4.51. The van der Waals surface area contributed by atoms with Gasteiger partial charge in [-0.3, -0.25) is 4.79 Å². The molecule has 0 unspecified atom stereocenters. The topological polar surface area (TPSA) is 55.0 Å². The van der Waals surface area contributed by atoms with E-state index < -0.39 is 0 Å². The van der Waals surface area contributed by atoms with Crippen molar-refractivity contribution in [1.82, 2.24) is 9.97 Å². The first-order chi connectivity index (χ1) is 9.79. The summed E-state index contributed by atoms with van der Waals surface area (Å²) < 4.78 is 5.28. The number of para-hydroxylation sites is 1. The Bertz CT molecular complexity index is 762. The third-order valence-electron chi connectivity index (χ3n) is 3.30. The van der Waals surface area contributed by atoms with E-state index in [9.17, 15) is 4.79 Å². The average molecular weight is 266 g/mol. The fraction of sp³-hybridized carbons (Fsp3) is 0.125. The SMILES string of the molecule is COc1ccccc1CC(=O)c1c[nH]c2ncccc12. The molecular weight excluding hydrogens is 252 g/mol. The second-order valence-electron chi connectivity index (χ2n) is 4.51. The van der Waals surface area contributed by atoms with Gasteiger partial charge < -0.3 is 9.72 Å². The first-order valence-electron chi connectivity index (χ1n) is 6.37. The summed E-state index contributed by atoms with van der Waals surface area (Å²) in [4.78, 5) is 19.7. The van der Waals surface area contributed by atoms with Crippen molar-refractivity contribution in [2.24, 2.45) is 0 Å². The number of aromatic amines is 1. The molecule has 2 aromatic heterocycles. The van der Waals surface area contributed by atoms with Crippen molar-refractivity contribution in [1.29, 1.82) is 0 Å². The maximum atomic E-state index is 12.5. The fourth-order valence-electron chi connectivity index (χ4n) is 2.30. The highest BCUT2D eigenvalue weighted by atomic mass is 16.5. The monoisotopic (exact) mass is 266 g/mol. The number of carbonyl (C=O) groups is 1. The lowest BCUT2D eigenvalue weighted by molar-refractivity contribution is 0.0993. The molecule has 0 saturated carbocycles. The van der Waals surface area contributed by atoms with Crippen LogP contribution in [0.2, 0.25) is 0 Å². The summed E-state index contributed by atoms with van der Waals surface area (Å²) in [6, 6.07) is 11.3. The number of nitrogens with one attached hydrogen (secondary N) is 1. The van der Waals surface area contributed by atoms with Crippen LogP contribution in [0.15, 0.2) is 48.8 Å². The molecule has 0 saturated heterocycles. The number of H-pyrrole nitrogens is 1. The molecule has 4 nitrogen and oxygen atoms in total. The molecular formula is C16H14N2O2. The van der Waals surface area contributed by atoms with Crippen LogP contribution in [0.4, 0.5) is 0 Å². The summed E-state index contributed by atoms with van der Waals surface area (Å²) in [5.74, 6) is 0.785. The average Bonchev–Trinajstić information content (AvgIpc) is 2.92. The van der Waals surface area contributed by atoms with Crippen LogP contribution in [0.3, 0.4) is 0 Å². The van der Waals surface area contributed by atoms with Crippen LogP contribution in [-0.4, -0.2) is 22.9 Å². The Kier molecular flexibility index (Phi) is 3.21. The van der Waals surface area contributed by atoms with E-state index in [0.29, 0.717) is 12.0 Å². The van der Waals surface area contributed by atoms with Crippen LogP contribution in [0.1, 0.15) is 15.9 Å². The lowest BCUT2D eigenvalue weighted by atomic mass is 10.0. The molecule has 3 aromatic rings. The normalized spacial score (nSPS) is 10.7. The zero-order valence-electron chi connectivity index (χ0n) is 11.1. The number of carbonyl (C=O) groups excluding carboxylic acids is 1. The zero-order valence-corrected chi connectivity index (χ0v) is 11.1. The van der Waals surface area contributed by atoms with Crippen molar-refractivity contribution in [3.8, 4) is 5.75 Å². The van der Waals surface area contributed by atoms with E-state index in [1.807, 2.05) is 36.4 Å². The summed E-state index contributed by atoms with van der Waals surface area (Å²) in [5, 5.41) is 0.854. The Hall–Kier alpha value is -2.62. The number of hydrogen-bond acceptors (Lipinski definition) is 3. The molecule has 0 radical (unpaired) electrons. The van der Waals surface area contributed by atoms with Crippen molar-refractivity contribution in [3.05, 3.63) is 59.9 Å². The maximum absolute atomic E-state index is 12.5. The summed E-state index contributed by atoms with van der Waals surface area (Å²) >= 11 is 0. The number of hydrogen-bond donors (Lipinski definition) is 1. The van der Waals surface area contributed by atoms with Crippen LogP contribution in [0.25, 0.3) is 11.0 Å². The number of benzene rings is 1. The molecule has 0 aliphatic heterocycles. The van der Waals surface area contributed by atoms with Crippen molar-refractivity contribution >= 4 is 16.8 Å². The number of nitrogens with zero attached hydrogens (tertiary/aromatic N) is 1. The lowest BCUT2D eigenvalue weighted by Gasteiger charge is -2.06. The van der Waals surface area contributed by atoms with Crippen molar-refractivity contribution in [3.63, 3.8) is 0 Å². The van der Waals surface area contributed by atoms with Crippen molar-refractivity contribution in [2.75, 3.05) is 7.11 Å². The lowest BCUT2D eigenvalue weighted by Crippen LogP contribution is -2.04. The zero-order chi connectivity index (χ0) is 13.9. The van der Waals surface area contributed by atoms with E-state index >= 15 is 0 Å². The van der Waals surface area contributed by atoms with Gasteiger partial charge in [-0.1, -0.05) is 18.2 Å². The number of fused-ring (bicyclic) bond motifs is 1. The molecule has 2 heterocycles. The highest BCUT2D eigenvalue weighted by Gasteiger charge is 2.14. The molecule has 0 amide bonds. The van der Waals surface area contributed by atoms with Crippen molar-refractivity contribution in [2.45, 2.75) is 6.42 Å². The second kappa shape index (κ2) is 5.17. The Morgan fingerprint density at radius 3 is 2.95 bits per heavy atom. The van der Waals surface area contributed by atoms with E-state index in [2.05, 4.69) is 9.97 Å². The highest BCUT2D eigenvalue weighted by molar-refractivity contribution is 6.08. The van der Waals surface area contributed by atoms with Crippen LogP contribution >= 0.6 is 0 Å². The Morgan fingerprint density at radius 1 is 1.25 bits per heavy atom. The van der Waals surface area contributed by atoms with Gasteiger partial charge in [-0.2, -0.15) is 0 Å². The van der Waals surface area contributed by atoms with Gasteiger partial charge in [0.05, 0.1) is 7.11 Å². The minimum atomic E-state index is 0.0498. The number of aromatic nitrogens is 2. The van der Waals surface area contributed by atoms with Gasteiger partial charge in [0, 0.05) is 35.3 Å². The van der Waals surface area contributed by atoms with E-state index in [1.54, 1.807) is 19.5 Å². The predicted molar refractivity (Wildman–Crippen MR) is 77.1 cm³/mol. The largest absolute Gasteiger partial charge is 0.496 e. The molecule has 0 fully saturated rings. The molecule has 0 spiro atoms. The van der Waals surface area contributed by atoms with Gasteiger partial charge in [0.1, 0.15) is 11.4 Å². The van der Waals surface area contributed by atoms with Crippen LogP contribution in [0.5, 0.6) is 5.75 Å². The number of pyridine rings is 1. The quantitative estimate of drug-likeness (QED) is 0.738. The molecule has 100 valence electrons. The van der Waals surface area contributed by atoms with Gasteiger partial charge in [0.25, 0.3) is 0 Å². The van der Waals surface area contributed by atoms with Gasteiger partial charge in [-0.15, -0.1) is 0 Å². The van der Waals surface area contributed by atoms with Gasteiger partial charge in [-0.05, 0) is 18.2 Å². The van der Waals surface area contributed by atoms with Crippen LogP contribution < -0.4 is 4.74 Å². The van der Waals surface area contributed by atoms with Gasteiger partial charge in [0.15, 0.2) is 5.78 Å². The molecule has 1 aromatic carbocycles. The molecule has 0 aliphatic rings. The summed E-state index contributed by atoms with van der Waals surface area (Å²) in [5.41, 5.74) is 2.29. The molecule has 1 N–H and O–H groups in total. The Labute approximate surface area is 116 Å². The van der Waals surface area contributed by atoms with Crippen LogP contribution in [-0.2, 0) is 6.42 Å². The Morgan fingerprint density at radius 2 is 2.10 bits per heavy atom. The number of Topliss-reactive ketones (excluding diaryl/α,β-unsaturated/α-hetero) is 1. The first kappa shape index (κ1) is 12.4. The van der Waals surface area contributed by atoms with Gasteiger partial charge in [0.2, 0.25) is 0 Å². The fourth-order valence-corrected chi connectivity index (χ4v) is 2.30. The summed E-state index contributed by atoms with van der Waals surface area (Å²) in [6.45, 7) is 0. The van der Waals surface area contributed by atoms with E-state index in [-0.39, 0.29) is 5.78 Å². The van der Waals surface area contributed by atoms with Gasteiger partial charge >= 0.3 is 0 Å². The van der Waals surface area contributed by atoms with Gasteiger partial charge in [-0.25, -0.2) is 4.98 Å². The Balaban J connectivity index is 1.93. The summed E-state index contributed by atoms with van der Waals surface area (Å²) in [7, 11) is 1.61. The standard InChI is InChI=1S/C16H14N2O2/c1-20-15-7-3-2-5-11(15)9-14(19)13-10-18-16-12(13)6-4-8-17-16/h2-8,10H,9H2,1H3,(H,17,18). The van der Waals surface area contributed by atoms with Crippen molar-refractivity contribution < 1.29 is 9.53 Å². The van der Waals surface area contributed by atoms with Crippen LogP contribution in [0, 0.1) is 0 Å². The molecule has 0 aliphatic carbocycles. The third kappa shape index (κ3) is 2.16. The smallest absolute Gasteiger partial charge is 0.169 e. The third-order valence-corrected chi connectivity index (χ3v) is 3.30. The number of rotatable bonds is 4. The number of ketones is 1. The molecule has 0 bridgehead atoms. The minimum absolute atomic E-state index is 0.0498. The predicted octanol–water partition coefficient (Wildman–Crippen LogP) is 3.00. The molecule has 20 heavy (non-hydrogen) atoms. The molecule has 4 heteroatoms. The van der Waals surface area contributed by atoms with E-state index in [0.717, 1.165) is 22.3 Å². The molecule has 0 atom stereocenters. The number of ether oxygens (including phenoxy) is 1. The molecule has 3 rings (SSSR count). The van der Waals surface area contributed by atoms with E-state index in [4.69, 9.17) is 4.74 Å². The van der Waals surface area contributed by atoms with E-state index in [1.165, 1.54) is 0 Å². The summed E-state index contributed by atoms with van der Waals surface area (Å²) in [6.07, 6.45) is 3.73. The maximum Gasteiger partial charge on any atom is 0.169 e. The minimum Gasteiger partial charge on any atom is -0.496 e. The highest BCUT2D eigenvalue weighted by Crippen LogP contribution is 2.22. The number of methoxy groups -OCH3 is 1.